The van der Waals surface area contributed by atoms with E-state index in [1.165, 1.54) is 7.11 Å². The smallest absolute Gasteiger partial charge is 0.339 e. The number of rotatable bonds is 4. The molecule has 0 saturated heterocycles. The van der Waals surface area contributed by atoms with Gasteiger partial charge >= 0.3 is 5.97 Å². The number of methoxy groups -OCH3 is 1. The number of carbonyl (C=O) groups is 1. The van der Waals surface area contributed by atoms with Crippen LogP contribution in [0.5, 0.6) is 11.5 Å². The van der Waals surface area contributed by atoms with Crippen LogP contribution in [0.3, 0.4) is 0 Å². The van der Waals surface area contributed by atoms with Gasteiger partial charge in [0.1, 0.15) is 5.82 Å². The number of phenolic OH excluding ortho intramolecular Hbond substituents is 1. The third-order valence-electron chi connectivity index (χ3n) is 2.20. The van der Waals surface area contributed by atoms with E-state index in [4.69, 9.17) is 4.74 Å². The zero-order valence-electron chi connectivity index (χ0n) is 9.74. The van der Waals surface area contributed by atoms with Crippen molar-refractivity contribution in [3.05, 3.63) is 21.9 Å². The van der Waals surface area contributed by atoms with E-state index in [0.29, 0.717) is 0 Å². The lowest BCUT2D eigenvalue weighted by Crippen LogP contribution is -2.16. The number of hydrogen-bond donors (Lipinski definition) is 2. The summed E-state index contributed by atoms with van der Waals surface area (Å²) in [6, 6.07) is 0.931. The summed E-state index contributed by atoms with van der Waals surface area (Å²) >= 11 is 2.86. The topological polar surface area (TPSA) is 76.0 Å². The lowest BCUT2D eigenvalue weighted by Gasteiger charge is -2.16. The Labute approximate surface area is 111 Å². The zero-order valence-corrected chi connectivity index (χ0v) is 11.3. The molecular weight excluding hydrogens is 311 g/mol. The molecule has 18 heavy (non-hydrogen) atoms. The summed E-state index contributed by atoms with van der Waals surface area (Å²) in [6.45, 7) is 1.62. The van der Waals surface area contributed by atoms with Gasteiger partial charge in [0.15, 0.2) is 17.6 Å². The number of ether oxygens (including phenoxy) is 2. The average molecular weight is 323 g/mol. The van der Waals surface area contributed by atoms with Crippen LogP contribution in [0.2, 0.25) is 0 Å². The minimum atomic E-state index is -1.80. The van der Waals surface area contributed by atoms with Crippen LogP contribution in [-0.4, -0.2) is 29.9 Å². The van der Waals surface area contributed by atoms with E-state index in [2.05, 4.69) is 20.7 Å². The molecule has 0 amide bonds. The zero-order chi connectivity index (χ0) is 13.9. The van der Waals surface area contributed by atoms with Crippen molar-refractivity contribution in [2.45, 2.75) is 13.0 Å². The lowest BCUT2D eigenvalue weighted by molar-refractivity contribution is -0.153. The number of benzene rings is 1. The summed E-state index contributed by atoms with van der Waals surface area (Å²) in [4.78, 5) is 11.4. The van der Waals surface area contributed by atoms with Crippen LogP contribution >= 0.6 is 15.9 Å². The third-order valence-corrected chi connectivity index (χ3v) is 3.00. The molecule has 0 aliphatic rings. The first-order valence-electron chi connectivity index (χ1n) is 5.03. The second-order valence-corrected chi connectivity index (χ2v) is 4.08. The molecule has 2 N–H and O–H groups in total. The van der Waals surface area contributed by atoms with Gasteiger partial charge in [-0.2, -0.15) is 0 Å². The van der Waals surface area contributed by atoms with Gasteiger partial charge in [0.05, 0.1) is 23.8 Å². The maximum atomic E-state index is 13.5. The Hall–Kier alpha value is -1.34. The predicted molar refractivity (Wildman–Crippen MR) is 63.9 cm³/mol. The third kappa shape index (κ3) is 2.73. The molecule has 0 aromatic heterocycles. The second-order valence-electron chi connectivity index (χ2n) is 3.29. The molecule has 0 fully saturated rings. The summed E-state index contributed by atoms with van der Waals surface area (Å²) in [5.74, 6) is -2.47. The van der Waals surface area contributed by atoms with Gasteiger partial charge in [-0.05, 0) is 22.9 Å². The summed E-state index contributed by atoms with van der Waals surface area (Å²) in [6.07, 6.45) is -1.80. The van der Waals surface area contributed by atoms with E-state index in [1.807, 2.05) is 0 Å². The van der Waals surface area contributed by atoms with Gasteiger partial charge in [-0.1, -0.05) is 0 Å². The molecule has 0 aliphatic heterocycles. The molecule has 0 aliphatic carbocycles. The molecule has 0 spiro atoms. The van der Waals surface area contributed by atoms with Crippen LogP contribution < -0.4 is 4.74 Å². The molecular formula is C11H12BrFO5. The standard InChI is InChI=1S/C11H12BrFO5/c1-3-18-11(16)10(15)7-8(12)5(13)4-6(17-2)9(7)14/h4,10,14-15H,3H2,1-2H3. The molecule has 1 aromatic rings. The van der Waals surface area contributed by atoms with Crippen LogP contribution in [0.1, 0.15) is 18.6 Å². The molecule has 0 bridgehead atoms. The molecule has 1 atom stereocenters. The van der Waals surface area contributed by atoms with Gasteiger partial charge in [0.25, 0.3) is 0 Å². The molecule has 0 radical (unpaired) electrons. The van der Waals surface area contributed by atoms with Crippen LogP contribution in [-0.2, 0) is 9.53 Å². The Kier molecular flexibility index (Phi) is 4.92. The monoisotopic (exact) mass is 322 g/mol. The van der Waals surface area contributed by atoms with Crippen molar-refractivity contribution >= 4 is 21.9 Å². The fourth-order valence-corrected chi connectivity index (χ4v) is 1.88. The van der Waals surface area contributed by atoms with Crippen molar-refractivity contribution in [2.24, 2.45) is 0 Å². The summed E-state index contributed by atoms with van der Waals surface area (Å²) in [5.41, 5.74) is -0.328. The summed E-state index contributed by atoms with van der Waals surface area (Å²) in [7, 11) is 1.23. The van der Waals surface area contributed by atoms with Crippen molar-refractivity contribution in [1.29, 1.82) is 0 Å². The Balaban J connectivity index is 3.30. The van der Waals surface area contributed by atoms with Crippen LogP contribution in [0, 0.1) is 5.82 Å². The van der Waals surface area contributed by atoms with Gasteiger partial charge in [-0.25, -0.2) is 9.18 Å². The number of halogens is 2. The van der Waals surface area contributed by atoms with Crippen molar-refractivity contribution < 1.29 is 28.9 Å². The van der Waals surface area contributed by atoms with E-state index in [1.54, 1.807) is 6.92 Å². The van der Waals surface area contributed by atoms with Crippen molar-refractivity contribution in [3.63, 3.8) is 0 Å². The Bertz CT molecular complexity index is 463. The van der Waals surface area contributed by atoms with E-state index in [-0.39, 0.29) is 22.4 Å². The molecule has 7 heteroatoms. The second kappa shape index (κ2) is 6.01. The SMILES string of the molecule is CCOC(=O)C(O)c1c(O)c(OC)cc(F)c1Br. The maximum absolute atomic E-state index is 13.5. The van der Waals surface area contributed by atoms with E-state index in [0.717, 1.165) is 6.07 Å². The number of phenols is 1. The summed E-state index contributed by atoms with van der Waals surface area (Å²) < 4.78 is 22.6. The Morgan fingerprint density at radius 3 is 2.72 bits per heavy atom. The maximum Gasteiger partial charge on any atom is 0.339 e. The first kappa shape index (κ1) is 14.7. The fourth-order valence-electron chi connectivity index (χ4n) is 1.36. The minimum Gasteiger partial charge on any atom is -0.504 e. The van der Waals surface area contributed by atoms with Gasteiger partial charge in [0, 0.05) is 6.07 Å². The van der Waals surface area contributed by atoms with Gasteiger partial charge in [-0.3, -0.25) is 0 Å². The fraction of sp³-hybridized carbons (Fsp3) is 0.364. The Morgan fingerprint density at radius 1 is 1.61 bits per heavy atom. The number of aromatic hydroxyl groups is 1. The molecule has 1 aromatic carbocycles. The van der Waals surface area contributed by atoms with Gasteiger partial charge < -0.3 is 19.7 Å². The quantitative estimate of drug-likeness (QED) is 0.828. The van der Waals surface area contributed by atoms with Crippen molar-refractivity contribution in [2.75, 3.05) is 13.7 Å². The number of aliphatic hydroxyl groups is 1. The van der Waals surface area contributed by atoms with Crippen molar-refractivity contribution in [3.8, 4) is 11.5 Å². The van der Waals surface area contributed by atoms with Crippen LogP contribution in [0.4, 0.5) is 4.39 Å². The van der Waals surface area contributed by atoms with Crippen LogP contribution in [0.25, 0.3) is 0 Å². The number of esters is 1. The van der Waals surface area contributed by atoms with E-state index >= 15 is 0 Å². The van der Waals surface area contributed by atoms with Crippen molar-refractivity contribution in [1.82, 2.24) is 0 Å². The number of hydrogen-bond acceptors (Lipinski definition) is 5. The predicted octanol–water partition coefficient (Wildman–Crippen LogP) is 1.90. The molecule has 100 valence electrons. The number of carbonyl (C=O) groups excluding carboxylic acids is 1. The number of aliphatic hydroxyl groups excluding tert-OH is 1. The normalized spacial score (nSPS) is 12.1. The van der Waals surface area contributed by atoms with Crippen LogP contribution in [0.15, 0.2) is 10.5 Å². The molecule has 1 unspecified atom stereocenters. The van der Waals surface area contributed by atoms with Gasteiger partial charge in [-0.15, -0.1) is 0 Å². The average Bonchev–Trinajstić information content (AvgIpc) is 2.34. The molecule has 1 rings (SSSR count). The molecule has 0 heterocycles. The highest BCUT2D eigenvalue weighted by Crippen LogP contribution is 2.41. The summed E-state index contributed by atoms with van der Waals surface area (Å²) in [5, 5.41) is 19.5. The minimum absolute atomic E-state index is 0.0563. The first-order chi connectivity index (χ1) is 8.43. The van der Waals surface area contributed by atoms with E-state index in [9.17, 15) is 19.4 Å². The first-order valence-corrected chi connectivity index (χ1v) is 5.82. The molecule has 0 saturated carbocycles. The highest BCUT2D eigenvalue weighted by Gasteiger charge is 2.28. The Morgan fingerprint density at radius 2 is 2.22 bits per heavy atom. The highest BCUT2D eigenvalue weighted by atomic mass is 79.9. The molecule has 5 nitrogen and oxygen atoms in total. The van der Waals surface area contributed by atoms with Gasteiger partial charge in [0.2, 0.25) is 0 Å². The van der Waals surface area contributed by atoms with E-state index < -0.39 is 23.6 Å². The highest BCUT2D eigenvalue weighted by molar-refractivity contribution is 9.10. The lowest BCUT2D eigenvalue weighted by atomic mass is 10.1. The largest absolute Gasteiger partial charge is 0.504 e.